The molecule has 142 valence electrons. The molecule has 0 saturated carbocycles. The first-order valence-corrected chi connectivity index (χ1v) is 9.92. The molecule has 0 aliphatic heterocycles. The first-order chi connectivity index (χ1) is 13.6. The predicted octanol–water partition coefficient (Wildman–Crippen LogP) is 4.31. The third kappa shape index (κ3) is 3.61. The van der Waals surface area contributed by atoms with E-state index in [-0.39, 0.29) is 0 Å². The van der Waals surface area contributed by atoms with Crippen molar-refractivity contribution in [3.63, 3.8) is 0 Å². The van der Waals surface area contributed by atoms with Crippen LogP contribution >= 0.6 is 11.3 Å². The van der Waals surface area contributed by atoms with Crippen LogP contribution in [0.3, 0.4) is 0 Å². The molecular weight excluding hydrogens is 372 g/mol. The maximum absolute atomic E-state index is 11.9. The number of rotatable bonds is 7. The highest BCUT2D eigenvalue weighted by atomic mass is 32.1. The lowest BCUT2D eigenvalue weighted by Gasteiger charge is -2.11. The van der Waals surface area contributed by atoms with Crippen LogP contribution in [-0.2, 0) is 13.0 Å². The van der Waals surface area contributed by atoms with Crippen LogP contribution in [0.1, 0.15) is 28.0 Å². The number of amides is 1. The van der Waals surface area contributed by atoms with Crippen molar-refractivity contribution in [1.82, 2.24) is 14.7 Å². The fourth-order valence-electron chi connectivity index (χ4n) is 3.31. The summed E-state index contributed by atoms with van der Waals surface area (Å²) in [4.78, 5) is 16.5. The van der Waals surface area contributed by atoms with Crippen LogP contribution in [0.2, 0.25) is 0 Å². The maximum atomic E-state index is 11.9. The Balaban J connectivity index is 1.62. The number of aromatic nitrogens is 3. The second-order valence-corrected chi connectivity index (χ2v) is 7.41. The van der Waals surface area contributed by atoms with Gasteiger partial charge in [0.1, 0.15) is 0 Å². The van der Waals surface area contributed by atoms with Gasteiger partial charge in [0.15, 0.2) is 10.8 Å². The van der Waals surface area contributed by atoms with Gasteiger partial charge in [0, 0.05) is 23.7 Å². The molecule has 0 radical (unpaired) electrons. The molecule has 3 heterocycles. The van der Waals surface area contributed by atoms with Gasteiger partial charge in [0.2, 0.25) is 0 Å². The number of nitrogens with zero attached hydrogens (tertiary/aromatic N) is 3. The van der Waals surface area contributed by atoms with E-state index in [1.165, 1.54) is 16.9 Å². The molecule has 0 bridgehead atoms. The van der Waals surface area contributed by atoms with Crippen molar-refractivity contribution in [2.75, 3.05) is 0 Å². The number of benzene rings is 1. The van der Waals surface area contributed by atoms with Crippen molar-refractivity contribution in [1.29, 1.82) is 0 Å². The van der Waals surface area contributed by atoms with Crippen LogP contribution in [0.15, 0.2) is 58.6 Å². The number of hydrogen-bond acceptors (Lipinski definition) is 5. The fourth-order valence-corrected chi connectivity index (χ4v) is 4.08. The summed E-state index contributed by atoms with van der Waals surface area (Å²) in [7, 11) is 0. The Hall–Kier alpha value is -3.19. The molecule has 0 aliphatic carbocycles. The monoisotopic (exact) mass is 392 g/mol. The molecule has 1 amide bonds. The quantitative estimate of drug-likeness (QED) is 0.508. The number of carbonyl (C=O) groups excluding carboxylic acids is 1. The third-order valence-electron chi connectivity index (χ3n) is 4.74. The molecule has 0 atom stereocenters. The van der Waals surface area contributed by atoms with E-state index < -0.39 is 5.91 Å². The van der Waals surface area contributed by atoms with Crippen molar-refractivity contribution in [2.24, 2.45) is 5.73 Å². The van der Waals surface area contributed by atoms with Gasteiger partial charge < -0.3 is 14.8 Å². The largest absolute Gasteiger partial charge is 0.366 e. The molecule has 2 N–H and O–H groups in total. The molecule has 0 fully saturated rings. The van der Waals surface area contributed by atoms with Crippen molar-refractivity contribution < 1.29 is 9.32 Å². The summed E-state index contributed by atoms with van der Waals surface area (Å²) in [6, 6.07) is 14.0. The van der Waals surface area contributed by atoms with E-state index in [4.69, 9.17) is 10.3 Å². The zero-order chi connectivity index (χ0) is 19.5. The summed E-state index contributed by atoms with van der Waals surface area (Å²) in [6.45, 7) is 2.70. The molecule has 0 aliphatic rings. The number of primary amides is 1. The highest BCUT2D eigenvalue weighted by Crippen LogP contribution is 2.31. The van der Waals surface area contributed by atoms with Gasteiger partial charge >= 0.3 is 0 Å². The summed E-state index contributed by atoms with van der Waals surface area (Å²) in [5.74, 6) is 0.205. The van der Waals surface area contributed by atoms with Gasteiger partial charge in [-0.1, -0.05) is 35.5 Å². The first-order valence-electron chi connectivity index (χ1n) is 9.04. The van der Waals surface area contributed by atoms with Crippen LogP contribution in [0.4, 0.5) is 0 Å². The number of nitrogens with two attached hydrogens (primary N) is 1. The molecule has 28 heavy (non-hydrogen) atoms. The van der Waals surface area contributed by atoms with Gasteiger partial charge in [0.05, 0.1) is 23.1 Å². The van der Waals surface area contributed by atoms with Gasteiger partial charge in [-0.05, 0) is 31.4 Å². The fraction of sp³-hybridized carbons (Fsp3) is 0.190. The SMILES string of the molecule is Cc1c(C(N)=O)cc(-c2csc(-c3ccno3)n2)n1CCCc1ccccc1. The number of carbonyl (C=O) groups is 1. The Kier molecular flexibility index (Phi) is 5.08. The maximum Gasteiger partial charge on any atom is 0.250 e. The number of thiazole rings is 1. The zero-order valence-electron chi connectivity index (χ0n) is 15.5. The minimum atomic E-state index is -0.425. The summed E-state index contributed by atoms with van der Waals surface area (Å²) in [5, 5.41) is 6.45. The molecule has 6 nitrogen and oxygen atoms in total. The molecule has 4 rings (SSSR count). The van der Waals surface area contributed by atoms with Crippen LogP contribution in [0, 0.1) is 6.92 Å². The van der Waals surface area contributed by atoms with Gasteiger partial charge in [-0.25, -0.2) is 4.98 Å². The van der Waals surface area contributed by atoms with Crippen LogP contribution in [0.25, 0.3) is 22.2 Å². The van der Waals surface area contributed by atoms with E-state index in [9.17, 15) is 4.79 Å². The highest BCUT2D eigenvalue weighted by molar-refractivity contribution is 7.13. The summed E-state index contributed by atoms with van der Waals surface area (Å²) < 4.78 is 7.32. The normalized spacial score (nSPS) is 11.0. The van der Waals surface area contributed by atoms with E-state index in [0.29, 0.717) is 11.3 Å². The van der Waals surface area contributed by atoms with E-state index in [1.54, 1.807) is 12.3 Å². The Morgan fingerprint density at radius 3 is 2.79 bits per heavy atom. The van der Waals surface area contributed by atoms with Gasteiger partial charge in [0.25, 0.3) is 5.91 Å². The van der Waals surface area contributed by atoms with E-state index >= 15 is 0 Å². The summed E-state index contributed by atoms with van der Waals surface area (Å²) in [6.07, 6.45) is 3.51. The van der Waals surface area contributed by atoms with Gasteiger partial charge in [-0.3, -0.25) is 4.79 Å². The Morgan fingerprint density at radius 1 is 1.25 bits per heavy atom. The van der Waals surface area contributed by atoms with Crippen molar-refractivity contribution in [3.05, 3.63) is 70.9 Å². The van der Waals surface area contributed by atoms with Crippen molar-refractivity contribution in [3.8, 4) is 22.2 Å². The standard InChI is InChI=1S/C21H20N4O2S/c1-14-16(20(22)26)12-18(17-13-28-21(24-17)19-9-10-23-27-19)25(14)11-5-8-15-6-3-2-4-7-15/h2-4,6-7,9-10,12-13H,5,8,11H2,1H3,(H2,22,26). The zero-order valence-corrected chi connectivity index (χ0v) is 16.3. The molecule has 3 aromatic heterocycles. The summed E-state index contributed by atoms with van der Waals surface area (Å²) in [5.41, 5.74) is 9.97. The molecule has 4 aromatic rings. The Morgan fingerprint density at radius 2 is 2.07 bits per heavy atom. The van der Waals surface area contributed by atoms with Crippen molar-refractivity contribution in [2.45, 2.75) is 26.3 Å². The molecule has 0 unspecified atom stereocenters. The lowest BCUT2D eigenvalue weighted by Crippen LogP contribution is -2.12. The average molecular weight is 392 g/mol. The molecule has 0 saturated heterocycles. The van der Waals surface area contributed by atoms with Crippen LogP contribution < -0.4 is 5.73 Å². The van der Waals surface area contributed by atoms with Gasteiger partial charge in [-0.15, -0.1) is 11.3 Å². The predicted molar refractivity (Wildman–Crippen MR) is 109 cm³/mol. The molecule has 7 heteroatoms. The second kappa shape index (κ2) is 7.82. The highest BCUT2D eigenvalue weighted by Gasteiger charge is 2.19. The Bertz CT molecular complexity index is 1080. The van der Waals surface area contributed by atoms with Crippen molar-refractivity contribution >= 4 is 17.2 Å². The summed E-state index contributed by atoms with van der Waals surface area (Å²) >= 11 is 1.48. The average Bonchev–Trinajstić information content (AvgIpc) is 3.43. The van der Waals surface area contributed by atoms with E-state index in [2.05, 4.69) is 26.8 Å². The second-order valence-electron chi connectivity index (χ2n) is 6.55. The lowest BCUT2D eigenvalue weighted by molar-refractivity contribution is 0.0999. The number of aryl methyl sites for hydroxylation is 1. The minimum absolute atomic E-state index is 0.425. The topological polar surface area (TPSA) is 86.9 Å². The van der Waals surface area contributed by atoms with Crippen LogP contribution in [0.5, 0.6) is 0 Å². The lowest BCUT2D eigenvalue weighted by atomic mass is 10.1. The molecule has 1 aromatic carbocycles. The van der Waals surface area contributed by atoms with Gasteiger partial charge in [-0.2, -0.15) is 0 Å². The van der Waals surface area contributed by atoms with Crippen LogP contribution in [-0.4, -0.2) is 20.6 Å². The first kappa shape index (κ1) is 18.2. The minimum Gasteiger partial charge on any atom is -0.366 e. The molecular formula is C21H20N4O2S. The number of hydrogen-bond donors (Lipinski definition) is 1. The van der Waals surface area contributed by atoms with E-state index in [0.717, 1.165) is 41.5 Å². The van der Waals surface area contributed by atoms with E-state index in [1.807, 2.05) is 36.6 Å². The molecule has 0 spiro atoms. The smallest absolute Gasteiger partial charge is 0.250 e. The third-order valence-corrected chi connectivity index (χ3v) is 5.59. The Labute approximate surface area is 166 Å².